The second-order valence-electron chi connectivity index (χ2n) is 5.59. The summed E-state index contributed by atoms with van der Waals surface area (Å²) < 4.78 is 1.60. The lowest BCUT2D eigenvalue weighted by molar-refractivity contribution is 0.672. The Labute approximate surface area is 154 Å². The third-order valence-corrected chi connectivity index (χ3v) is 6.04. The second kappa shape index (κ2) is 7.26. The molecule has 0 aliphatic carbocycles. The predicted octanol–water partition coefficient (Wildman–Crippen LogP) is 4.62. The average Bonchev–Trinajstić information content (AvgIpc) is 2.95. The number of hydrogen-bond acceptors (Lipinski definition) is 5. The van der Waals surface area contributed by atoms with Gasteiger partial charge >= 0.3 is 0 Å². The van der Waals surface area contributed by atoms with Crippen LogP contribution in [0.4, 0.5) is 0 Å². The van der Waals surface area contributed by atoms with Gasteiger partial charge in [-0.25, -0.2) is 4.98 Å². The zero-order chi connectivity index (χ0) is 18.0. The van der Waals surface area contributed by atoms with Crippen molar-refractivity contribution in [1.29, 1.82) is 5.26 Å². The number of hydrogen-bond donors (Lipinski definition) is 0. The molecular formula is C19H17N3OS2. The molecule has 2 heterocycles. The number of aryl methyl sites for hydroxylation is 1. The molecule has 0 amide bonds. The fraction of sp³-hybridized carbons (Fsp3) is 0.211. The first-order chi connectivity index (χ1) is 12.1. The zero-order valence-corrected chi connectivity index (χ0v) is 15.7. The molecule has 126 valence electrons. The molecule has 25 heavy (non-hydrogen) atoms. The van der Waals surface area contributed by atoms with E-state index in [4.69, 9.17) is 10.2 Å². The molecule has 4 nitrogen and oxygen atoms in total. The Morgan fingerprint density at radius 2 is 2.16 bits per heavy atom. The van der Waals surface area contributed by atoms with Crippen LogP contribution in [0.3, 0.4) is 0 Å². The number of nitriles is 1. The molecule has 0 fully saturated rings. The highest BCUT2D eigenvalue weighted by molar-refractivity contribution is 8.00. The monoisotopic (exact) mass is 367 g/mol. The minimum Gasteiger partial charge on any atom is -0.283 e. The number of thiophene rings is 1. The lowest BCUT2D eigenvalue weighted by Crippen LogP contribution is -2.23. The van der Waals surface area contributed by atoms with Gasteiger partial charge in [0, 0.05) is 11.4 Å². The van der Waals surface area contributed by atoms with Crippen molar-refractivity contribution in [2.45, 2.75) is 30.8 Å². The van der Waals surface area contributed by atoms with Crippen molar-refractivity contribution in [3.05, 3.63) is 58.9 Å². The molecule has 0 unspecified atom stereocenters. The van der Waals surface area contributed by atoms with E-state index in [1.807, 2.05) is 37.3 Å². The minimum atomic E-state index is -0.282. The van der Waals surface area contributed by atoms with Crippen LogP contribution in [0.15, 0.2) is 52.9 Å². The molecule has 0 aliphatic heterocycles. The van der Waals surface area contributed by atoms with Crippen LogP contribution < -0.4 is 5.56 Å². The van der Waals surface area contributed by atoms with Crippen molar-refractivity contribution >= 4 is 33.3 Å². The Morgan fingerprint density at radius 1 is 1.44 bits per heavy atom. The summed E-state index contributed by atoms with van der Waals surface area (Å²) in [6, 6.07) is 12.2. The van der Waals surface area contributed by atoms with E-state index >= 15 is 0 Å². The molecule has 1 atom stereocenters. The van der Waals surface area contributed by atoms with Crippen molar-refractivity contribution in [2.75, 3.05) is 0 Å². The Balaban J connectivity index is 2.27. The lowest BCUT2D eigenvalue weighted by Gasteiger charge is -2.10. The summed E-state index contributed by atoms with van der Waals surface area (Å²) in [5.41, 5.74) is 1.96. The van der Waals surface area contributed by atoms with E-state index in [-0.39, 0.29) is 10.8 Å². The molecule has 3 rings (SSSR count). The summed E-state index contributed by atoms with van der Waals surface area (Å²) in [7, 11) is 0. The highest BCUT2D eigenvalue weighted by Gasteiger charge is 2.19. The molecule has 0 N–H and O–H groups in total. The van der Waals surface area contributed by atoms with E-state index in [0.717, 1.165) is 16.0 Å². The number of aromatic nitrogens is 2. The minimum absolute atomic E-state index is 0.0755. The summed E-state index contributed by atoms with van der Waals surface area (Å²) >= 11 is 2.82. The Hall–Kier alpha value is -2.36. The van der Waals surface area contributed by atoms with Gasteiger partial charge in [-0.3, -0.25) is 9.36 Å². The maximum atomic E-state index is 13.1. The topological polar surface area (TPSA) is 58.7 Å². The smallest absolute Gasteiger partial charge is 0.263 e. The molecule has 1 aromatic carbocycles. The highest BCUT2D eigenvalue weighted by atomic mass is 32.2. The molecule has 0 bridgehead atoms. The van der Waals surface area contributed by atoms with Crippen LogP contribution in [0.1, 0.15) is 12.5 Å². The molecular weight excluding hydrogens is 350 g/mol. The lowest BCUT2D eigenvalue weighted by atomic mass is 10.1. The normalized spacial score (nSPS) is 12.0. The van der Waals surface area contributed by atoms with Crippen molar-refractivity contribution in [2.24, 2.45) is 0 Å². The van der Waals surface area contributed by atoms with Crippen LogP contribution in [0.5, 0.6) is 0 Å². The fourth-order valence-corrected chi connectivity index (χ4v) is 4.66. The van der Waals surface area contributed by atoms with Crippen molar-refractivity contribution in [3.63, 3.8) is 0 Å². The Morgan fingerprint density at radius 3 is 2.80 bits per heavy atom. The first kappa shape index (κ1) is 17.5. The number of allylic oxidation sites excluding steroid dienone is 1. The summed E-state index contributed by atoms with van der Waals surface area (Å²) in [4.78, 5) is 19.5. The highest BCUT2D eigenvalue weighted by Crippen LogP contribution is 2.36. The third-order valence-electron chi connectivity index (χ3n) is 3.83. The SMILES string of the molecule is C=CCn1c(S[C@H](C)C#N)nc2sc(-c3ccccc3)c(C)c2c1=O. The molecule has 6 heteroatoms. The van der Waals surface area contributed by atoms with Gasteiger partial charge in [0.2, 0.25) is 0 Å². The maximum Gasteiger partial charge on any atom is 0.263 e. The van der Waals surface area contributed by atoms with Crippen LogP contribution in [0.2, 0.25) is 0 Å². The van der Waals surface area contributed by atoms with Crippen LogP contribution in [0.25, 0.3) is 20.7 Å². The van der Waals surface area contributed by atoms with Crippen molar-refractivity contribution in [1.82, 2.24) is 9.55 Å². The second-order valence-corrected chi connectivity index (χ2v) is 7.90. The quantitative estimate of drug-likeness (QED) is 0.375. The molecule has 0 aliphatic rings. The van der Waals surface area contributed by atoms with Gasteiger partial charge in [0.25, 0.3) is 5.56 Å². The van der Waals surface area contributed by atoms with E-state index in [0.29, 0.717) is 21.9 Å². The number of fused-ring (bicyclic) bond motifs is 1. The van der Waals surface area contributed by atoms with E-state index in [2.05, 4.69) is 12.6 Å². The van der Waals surface area contributed by atoms with Crippen LogP contribution in [-0.4, -0.2) is 14.8 Å². The molecule has 0 spiro atoms. The number of thioether (sulfide) groups is 1. The van der Waals surface area contributed by atoms with Gasteiger partial charge in [-0.05, 0) is 25.0 Å². The van der Waals surface area contributed by atoms with E-state index in [9.17, 15) is 4.79 Å². The van der Waals surface area contributed by atoms with Crippen molar-refractivity contribution in [3.8, 4) is 16.5 Å². The summed E-state index contributed by atoms with van der Waals surface area (Å²) in [6.45, 7) is 7.87. The molecule has 2 aromatic heterocycles. The van der Waals surface area contributed by atoms with Gasteiger partial charge in [-0.15, -0.1) is 17.9 Å². The van der Waals surface area contributed by atoms with E-state index < -0.39 is 0 Å². The predicted molar refractivity (Wildman–Crippen MR) is 105 cm³/mol. The number of nitrogens with zero attached hydrogens (tertiary/aromatic N) is 3. The number of rotatable bonds is 5. The number of benzene rings is 1. The van der Waals surface area contributed by atoms with Crippen LogP contribution in [0, 0.1) is 18.3 Å². The molecule has 0 saturated heterocycles. The first-order valence-electron chi connectivity index (χ1n) is 7.83. The fourth-order valence-electron chi connectivity index (χ4n) is 2.63. The zero-order valence-electron chi connectivity index (χ0n) is 14.0. The van der Waals surface area contributed by atoms with Gasteiger partial charge in [-0.1, -0.05) is 48.2 Å². The Bertz CT molecular complexity index is 1030. The van der Waals surface area contributed by atoms with Gasteiger partial charge in [0.15, 0.2) is 5.16 Å². The van der Waals surface area contributed by atoms with Gasteiger partial charge < -0.3 is 0 Å². The average molecular weight is 367 g/mol. The summed E-state index contributed by atoms with van der Waals surface area (Å²) in [5.74, 6) is 0. The molecule has 3 aromatic rings. The molecule has 0 radical (unpaired) electrons. The van der Waals surface area contributed by atoms with E-state index in [1.54, 1.807) is 17.6 Å². The largest absolute Gasteiger partial charge is 0.283 e. The summed E-state index contributed by atoms with van der Waals surface area (Å²) in [6.07, 6.45) is 1.68. The summed E-state index contributed by atoms with van der Waals surface area (Å²) in [5, 5.41) is 10.0. The van der Waals surface area contributed by atoms with Crippen molar-refractivity contribution < 1.29 is 0 Å². The van der Waals surface area contributed by atoms with Crippen LogP contribution in [-0.2, 0) is 6.54 Å². The van der Waals surface area contributed by atoms with E-state index in [1.165, 1.54) is 23.1 Å². The van der Waals surface area contributed by atoms with Gasteiger partial charge in [-0.2, -0.15) is 5.26 Å². The third kappa shape index (κ3) is 3.26. The molecule has 0 saturated carbocycles. The Kier molecular flexibility index (Phi) is 5.07. The van der Waals surface area contributed by atoms with Crippen LogP contribution >= 0.6 is 23.1 Å². The standard InChI is InChI=1S/C19H17N3OS2/c1-4-10-22-18(23)15-13(3)16(14-8-6-5-7-9-14)25-17(15)21-19(22)24-12(2)11-20/h4-9,12H,1,10H2,2-3H3/t12-/m1/s1. The van der Waals surface area contributed by atoms with Gasteiger partial charge in [0.1, 0.15) is 4.83 Å². The first-order valence-corrected chi connectivity index (χ1v) is 9.53. The van der Waals surface area contributed by atoms with Gasteiger partial charge in [0.05, 0.1) is 16.7 Å². The maximum absolute atomic E-state index is 13.1.